The van der Waals surface area contributed by atoms with Crippen molar-refractivity contribution >= 4 is 6.08 Å². The maximum atomic E-state index is 10.2. The van der Waals surface area contributed by atoms with Crippen LogP contribution in [0.4, 0.5) is 0 Å². The van der Waals surface area contributed by atoms with Gasteiger partial charge in [-0.2, -0.15) is 4.99 Å². The van der Waals surface area contributed by atoms with E-state index in [0.717, 1.165) is 12.2 Å². The summed E-state index contributed by atoms with van der Waals surface area (Å²) in [6.07, 6.45) is 1.96. The molecule has 2 rings (SSSR count). The maximum Gasteiger partial charge on any atom is 0.235 e. The first-order valence-electron chi connectivity index (χ1n) is 5.51. The highest BCUT2D eigenvalue weighted by Crippen LogP contribution is 2.30. The first kappa shape index (κ1) is 11.1. The van der Waals surface area contributed by atoms with E-state index in [4.69, 9.17) is 4.74 Å². The minimum atomic E-state index is -0.121. The van der Waals surface area contributed by atoms with Crippen molar-refractivity contribution in [3.8, 4) is 0 Å². The van der Waals surface area contributed by atoms with Crippen LogP contribution < -0.4 is 0 Å². The zero-order valence-corrected chi connectivity index (χ0v) is 9.51. The molecule has 3 atom stereocenters. The molecule has 0 radical (unpaired) electrons. The summed E-state index contributed by atoms with van der Waals surface area (Å²) in [5.74, 6) is 0.410. The van der Waals surface area contributed by atoms with Crippen LogP contribution in [0, 0.1) is 0 Å². The molecule has 1 aromatic rings. The fourth-order valence-corrected chi connectivity index (χ4v) is 1.81. The van der Waals surface area contributed by atoms with Crippen molar-refractivity contribution in [2.24, 2.45) is 4.99 Å². The second kappa shape index (κ2) is 4.60. The van der Waals surface area contributed by atoms with Crippen molar-refractivity contribution in [3.63, 3.8) is 0 Å². The highest BCUT2D eigenvalue weighted by atomic mass is 16.6. The number of nitrogens with zero attached hydrogens (tertiary/aromatic N) is 1. The van der Waals surface area contributed by atoms with Gasteiger partial charge in [0.25, 0.3) is 0 Å². The van der Waals surface area contributed by atoms with Crippen LogP contribution in [0.15, 0.2) is 29.3 Å². The quantitative estimate of drug-likeness (QED) is 0.442. The Kier molecular flexibility index (Phi) is 3.18. The largest absolute Gasteiger partial charge is 0.372 e. The molecule has 0 aliphatic carbocycles. The maximum absolute atomic E-state index is 10.2. The smallest absolute Gasteiger partial charge is 0.235 e. The Bertz CT molecular complexity index is 420. The van der Waals surface area contributed by atoms with E-state index in [1.807, 2.05) is 19.1 Å². The molecule has 1 heterocycles. The summed E-state index contributed by atoms with van der Waals surface area (Å²) < 4.78 is 5.29. The number of rotatable bonds is 4. The molecule has 0 amide bonds. The molecular weight excluding hydrogens is 202 g/mol. The van der Waals surface area contributed by atoms with Gasteiger partial charge in [0, 0.05) is 5.92 Å². The molecule has 0 saturated carbocycles. The number of ether oxygens (including phenoxy) is 1. The Hall–Kier alpha value is -1.44. The van der Waals surface area contributed by atoms with Crippen LogP contribution in [0.3, 0.4) is 0 Å². The Labute approximate surface area is 95.2 Å². The van der Waals surface area contributed by atoms with E-state index >= 15 is 0 Å². The molecule has 0 bridgehead atoms. The monoisotopic (exact) mass is 217 g/mol. The predicted octanol–water partition coefficient (Wildman–Crippen LogP) is 2.59. The van der Waals surface area contributed by atoms with Gasteiger partial charge in [0.2, 0.25) is 6.08 Å². The topological polar surface area (TPSA) is 42.0 Å². The van der Waals surface area contributed by atoms with Crippen molar-refractivity contribution in [1.29, 1.82) is 0 Å². The molecule has 0 N–H and O–H groups in total. The standard InChI is InChI=1S/C13H15NO2/c1-9(13-7-16-13)11-4-3-5-12(6-11)10(2)14-8-15/h3-6,9-10,13H,7H2,1-2H3. The molecule has 16 heavy (non-hydrogen) atoms. The normalized spacial score (nSPS) is 22.0. The second-order valence-corrected chi connectivity index (χ2v) is 4.23. The van der Waals surface area contributed by atoms with Crippen LogP contribution in [0.1, 0.15) is 36.9 Å². The Balaban J connectivity index is 2.21. The Morgan fingerprint density at radius 2 is 2.12 bits per heavy atom. The van der Waals surface area contributed by atoms with Gasteiger partial charge in [0.05, 0.1) is 18.8 Å². The van der Waals surface area contributed by atoms with Crippen molar-refractivity contribution in [2.75, 3.05) is 6.61 Å². The number of isocyanates is 1. The summed E-state index contributed by atoms with van der Waals surface area (Å²) in [4.78, 5) is 13.9. The molecule has 1 fully saturated rings. The molecule has 3 unspecified atom stereocenters. The highest BCUT2D eigenvalue weighted by Gasteiger charge is 2.30. The van der Waals surface area contributed by atoms with Gasteiger partial charge in [-0.3, -0.25) is 0 Å². The average molecular weight is 217 g/mol. The molecule has 1 saturated heterocycles. The number of hydrogen-bond donors (Lipinski definition) is 0. The zero-order chi connectivity index (χ0) is 11.5. The lowest BCUT2D eigenvalue weighted by Gasteiger charge is -2.11. The van der Waals surface area contributed by atoms with Gasteiger partial charge >= 0.3 is 0 Å². The van der Waals surface area contributed by atoms with Crippen LogP contribution in [0.25, 0.3) is 0 Å². The van der Waals surface area contributed by atoms with E-state index < -0.39 is 0 Å². The fraction of sp³-hybridized carbons (Fsp3) is 0.462. The van der Waals surface area contributed by atoms with Gasteiger partial charge in [-0.1, -0.05) is 31.2 Å². The third-order valence-corrected chi connectivity index (χ3v) is 3.08. The molecule has 0 spiro atoms. The third kappa shape index (κ3) is 2.38. The lowest BCUT2D eigenvalue weighted by Crippen LogP contribution is -2.02. The molecule has 1 aromatic carbocycles. The van der Waals surface area contributed by atoms with Crippen LogP contribution >= 0.6 is 0 Å². The van der Waals surface area contributed by atoms with Crippen LogP contribution in [0.2, 0.25) is 0 Å². The summed E-state index contributed by atoms with van der Waals surface area (Å²) in [6, 6.07) is 8.05. The zero-order valence-electron chi connectivity index (χ0n) is 9.51. The summed E-state index contributed by atoms with van der Waals surface area (Å²) in [5.41, 5.74) is 2.29. The first-order valence-corrected chi connectivity index (χ1v) is 5.51. The summed E-state index contributed by atoms with van der Waals surface area (Å²) in [7, 11) is 0. The minimum Gasteiger partial charge on any atom is -0.372 e. The molecular formula is C13H15NO2. The van der Waals surface area contributed by atoms with Crippen molar-refractivity contribution in [1.82, 2.24) is 0 Å². The third-order valence-electron chi connectivity index (χ3n) is 3.08. The van der Waals surface area contributed by atoms with Crippen molar-refractivity contribution in [2.45, 2.75) is 31.9 Å². The van der Waals surface area contributed by atoms with E-state index in [-0.39, 0.29) is 6.04 Å². The minimum absolute atomic E-state index is 0.121. The number of aliphatic imine (C=N–C) groups is 1. The molecule has 1 aliphatic rings. The average Bonchev–Trinajstić information content (AvgIpc) is 3.12. The number of epoxide rings is 1. The first-order chi connectivity index (χ1) is 7.72. The van der Waals surface area contributed by atoms with Crippen LogP contribution in [0.5, 0.6) is 0 Å². The van der Waals surface area contributed by atoms with Gasteiger partial charge in [-0.05, 0) is 18.1 Å². The van der Waals surface area contributed by atoms with Crippen molar-refractivity contribution in [3.05, 3.63) is 35.4 Å². The lowest BCUT2D eigenvalue weighted by atomic mass is 9.95. The van der Waals surface area contributed by atoms with E-state index in [9.17, 15) is 4.79 Å². The highest BCUT2D eigenvalue weighted by molar-refractivity contribution is 5.36. The summed E-state index contributed by atoms with van der Waals surface area (Å²) in [6.45, 7) is 4.90. The summed E-state index contributed by atoms with van der Waals surface area (Å²) in [5, 5.41) is 0. The molecule has 84 valence electrons. The van der Waals surface area contributed by atoms with E-state index in [1.165, 1.54) is 5.56 Å². The molecule has 3 nitrogen and oxygen atoms in total. The van der Waals surface area contributed by atoms with Gasteiger partial charge in [0.1, 0.15) is 0 Å². The van der Waals surface area contributed by atoms with E-state index in [1.54, 1.807) is 6.08 Å². The molecule has 3 heteroatoms. The fourth-order valence-electron chi connectivity index (χ4n) is 1.81. The van der Waals surface area contributed by atoms with E-state index in [0.29, 0.717) is 12.0 Å². The molecule has 0 aromatic heterocycles. The van der Waals surface area contributed by atoms with E-state index in [2.05, 4.69) is 24.0 Å². The Morgan fingerprint density at radius 3 is 2.75 bits per heavy atom. The lowest BCUT2D eigenvalue weighted by molar-refractivity contribution is 0.382. The van der Waals surface area contributed by atoms with Gasteiger partial charge in [-0.25, -0.2) is 4.79 Å². The summed E-state index contributed by atoms with van der Waals surface area (Å²) >= 11 is 0. The van der Waals surface area contributed by atoms with Crippen LogP contribution in [-0.2, 0) is 9.53 Å². The number of benzene rings is 1. The van der Waals surface area contributed by atoms with Gasteiger partial charge in [0.15, 0.2) is 0 Å². The Morgan fingerprint density at radius 1 is 1.44 bits per heavy atom. The van der Waals surface area contributed by atoms with Gasteiger partial charge < -0.3 is 4.74 Å². The number of hydrogen-bond acceptors (Lipinski definition) is 3. The number of carbonyl (C=O) groups excluding carboxylic acids is 1. The molecule has 1 aliphatic heterocycles. The SMILES string of the molecule is CC(N=C=O)c1cccc(C(C)C2CO2)c1. The second-order valence-electron chi connectivity index (χ2n) is 4.23. The van der Waals surface area contributed by atoms with Crippen molar-refractivity contribution < 1.29 is 9.53 Å². The predicted molar refractivity (Wildman–Crippen MR) is 61.1 cm³/mol. The van der Waals surface area contributed by atoms with Gasteiger partial charge in [-0.15, -0.1) is 0 Å². The van der Waals surface area contributed by atoms with Crippen LogP contribution in [-0.4, -0.2) is 18.8 Å².